The van der Waals surface area contributed by atoms with E-state index in [1.807, 2.05) is 11.4 Å². The van der Waals surface area contributed by atoms with Crippen LogP contribution < -0.4 is 0 Å². The zero-order valence-electron chi connectivity index (χ0n) is 7.38. The van der Waals surface area contributed by atoms with Crippen LogP contribution in [-0.4, -0.2) is 19.5 Å². The molecule has 0 saturated carbocycles. The Hall–Kier alpha value is -0.190. The maximum Gasteiger partial charge on any atom is 0.163 e. The molecule has 0 unspecified atom stereocenters. The van der Waals surface area contributed by atoms with Crippen LogP contribution in [0.15, 0.2) is 15.2 Å². The number of ether oxygens (including phenoxy) is 1. The lowest BCUT2D eigenvalue weighted by atomic mass is 10.1. The number of thiophene rings is 1. The molecule has 0 spiro atoms. The van der Waals surface area contributed by atoms with Crippen LogP contribution in [0.1, 0.15) is 23.2 Å². The zero-order valence-corrected chi connectivity index (χ0v) is 9.78. The largest absolute Gasteiger partial charge is 0.385 e. The van der Waals surface area contributed by atoms with Crippen molar-refractivity contribution in [3.05, 3.63) is 20.8 Å². The molecule has 1 rings (SSSR count). The first-order chi connectivity index (χ1) is 6.24. The molecule has 0 fully saturated rings. The molecule has 0 N–H and O–H groups in total. The average Bonchev–Trinajstić information content (AvgIpc) is 2.52. The van der Waals surface area contributed by atoms with Crippen molar-refractivity contribution >= 4 is 33.0 Å². The number of hydrogen-bond donors (Lipinski definition) is 0. The summed E-state index contributed by atoms with van der Waals surface area (Å²) in [6.45, 7) is 0.650. The molecule has 4 heteroatoms. The van der Waals surface area contributed by atoms with Crippen molar-refractivity contribution < 1.29 is 9.53 Å². The maximum atomic E-state index is 11.5. The topological polar surface area (TPSA) is 26.3 Å². The highest BCUT2D eigenvalue weighted by Gasteiger charge is 2.06. The molecular formula is C9H11BrO2S. The predicted octanol–water partition coefficient (Wildman–Crippen LogP) is 3.12. The van der Waals surface area contributed by atoms with Gasteiger partial charge in [0.15, 0.2) is 5.78 Å². The minimum absolute atomic E-state index is 0.194. The molecule has 1 aromatic heterocycles. The van der Waals surface area contributed by atoms with Crippen molar-refractivity contribution in [2.24, 2.45) is 0 Å². The maximum absolute atomic E-state index is 11.5. The minimum Gasteiger partial charge on any atom is -0.385 e. The first-order valence-electron chi connectivity index (χ1n) is 4.00. The molecule has 0 bridgehead atoms. The van der Waals surface area contributed by atoms with Crippen molar-refractivity contribution in [3.8, 4) is 0 Å². The predicted molar refractivity (Wildman–Crippen MR) is 57.5 cm³/mol. The van der Waals surface area contributed by atoms with E-state index in [2.05, 4.69) is 15.9 Å². The summed E-state index contributed by atoms with van der Waals surface area (Å²) >= 11 is 4.86. The number of carbonyl (C=O) groups excluding carboxylic acids is 1. The molecule has 0 aromatic carbocycles. The SMILES string of the molecule is COCCCC(=O)c1csc(Br)c1. The molecule has 0 aliphatic rings. The Morgan fingerprint density at radius 2 is 2.46 bits per heavy atom. The van der Waals surface area contributed by atoms with Gasteiger partial charge in [-0.3, -0.25) is 4.79 Å². The van der Waals surface area contributed by atoms with Crippen molar-refractivity contribution in [1.29, 1.82) is 0 Å². The summed E-state index contributed by atoms with van der Waals surface area (Å²) in [7, 11) is 1.64. The third-order valence-corrected chi connectivity index (χ3v) is 3.15. The molecule has 0 amide bonds. The Bertz CT molecular complexity index is 283. The van der Waals surface area contributed by atoms with Crippen molar-refractivity contribution in [2.45, 2.75) is 12.8 Å². The van der Waals surface area contributed by atoms with E-state index < -0.39 is 0 Å². The third-order valence-electron chi connectivity index (χ3n) is 1.64. The smallest absolute Gasteiger partial charge is 0.163 e. The van der Waals surface area contributed by atoms with Gasteiger partial charge in [-0.05, 0) is 28.4 Å². The summed E-state index contributed by atoms with van der Waals surface area (Å²) < 4.78 is 5.88. The fourth-order valence-electron chi connectivity index (χ4n) is 0.978. The van der Waals surface area contributed by atoms with Crippen LogP contribution in [0.5, 0.6) is 0 Å². The number of halogens is 1. The number of carbonyl (C=O) groups is 1. The summed E-state index contributed by atoms with van der Waals surface area (Å²) in [6.07, 6.45) is 1.36. The quantitative estimate of drug-likeness (QED) is 0.602. The summed E-state index contributed by atoms with van der Waals surface area (Å²) in [5.41, 5.74) is 0.799. The van der Waals surface area contributed by atoms with E-state index in [-0.39, 0.29) is 5.78 Å². The summed E-state index contributed by atoms with van der Waals surface area (Å²) in [4.78, 5) is 11.5. The Morgan fingerprint density at radius 3 is 3.00 bits per heavy atom. The summed E-state index contributed by atoms with van der Waals surface area (Å²) in [5.74, 6) is 0.194. The van der Waals surface area contributed by atoms with Gasteiger partial charge in [-0.2, -0.15) is 0 Å². The van der Waals surface area contributed by atoms with Gasteiger partial charge in [0.05, 0.1) is 3.79 Å². The molecule has 2 nitrogen and oxygen atoms in total. The first-order valence-corrected chi connectivity index (χ1v) is 5.67. The second-order valence-electron chi connectivity index (χ2n) is 2.66. The highest BCUT2D eigenvalue weighted by Crippen LogP contribution is 2.21. The van der Waals surface area contributed by atoms with Gasteiger partial charge < -0.3 is 4.74 Å². The number of ketones is 1. The van der Waals surface area contributed by atoms with Crippen LogP contribution >= 0.6 is 27.3 Å². The van der Waals surface area contributed by atoms with Gasteiger partial charge in [0.1, 0.15) is 0 Å². The standard InChI is InChI=1S/C9H11BrO2S/c1-12-4-2-3-8(11)7-5-9(10)13-6-7/h5-6H,2-4H2,1H3. The lowest BCUT2D eigenvalue weighted by molar-refractivity contribution is 0.0964. The molecule has 72 valence electrons. The van der Waals surface area contributed by atoms with E-state index >= 15 is 0 Å². The third kappa shape index (κ3) is 3.58. The average molecular weight is 263 g/mol. The highest BCUT2D eigenvalue weighted by atomic mass is 79.9. The Balaban J connectivity index is 2.40. The highest BCUT2D eigenvalue weighted by molar-refractivity contribution is 9.11. The molecule has 0 aliphatic carbocycles. The zero-order chi connectivity index (χ0) is 9.68. The fourth-order valence-corrected chi connectivity index (χ4v) is 2.14. The number of rotatable bonds is 5. The van der Waals surface area contributed by atoms with Crippen LogP contribution in [-0.2, 0) is 4.74 Å². The van der Waals surface area contributed by atoms with Gasteiger partial charge in [-0.15, -0.1) is 11.3 Å². The number of Topliss-reactive ketones (excluding diaryl/α,β-unsaturated/α-hetero) is 1. The van der Waals surface area contributed by atoms with Crippen molar-refractivity contribution in [2.75, 3.05) is 13.7 Å². The first kappa shape index (κ1) is 10.9. The van der Waals surface area contributed by atoms with Crippen LogP contribution in [0.25, 0.3) is 0 Å². The fraction of sp³-hybridized carbons (Fsp3) is 0.444. The molecule has 13 heavy (non-hydrogen) atoms. The number of methoxy groups -OCH3 is 1. The lowest BCUT2D eigenvalue weighted by Gasteiger charge is -1.96. The Kier molecular flexibility index (Phi) is 4.62. The summed E-state index contributed by atoms with van der Waals surface area (Å²) in [5, 5.41) is 1.87. The van der Waals surface area contributed by atoms with E-state index in [0.717, 1.165) is 15.8 Å². The van der Waals surface area contributed by atoms with E-state index in [1.165, 1.54) is 11.3 Å². The van der Waals surface area contributed by atoms with Crippen LogP contribution in [0.2, 0.25) is 0 Å². The molecule has 1 aromatic rings. The van der Waals surface area contributed by atoms with Crippen molar-refractivity contribution in [3.63, 3.8) is 0 Å². The van der Waals surface area contributed by atoms with E-state index in [9.17, 15) is 4.79 Å². The Morgan fingerprint density at radius 1 is 1.69 bits per heavy atom. The van der Waals surface area contributed by atoms with E-state index in [0.29, 0.717) is 13.0 Å². The van der Waals surface area contributed by atoms with Crippen LogP contribution in [0.3, 0.4) is 0 Å². The second kappa shape index (κ2) is 5.52. The van der Waals surface area contributed by atoms with Gasteiger partial charge in [0.2, 0.25) is 0 Å². The Labute approximate surface area is 90.0 Å². The van der Waals surface area contributed by atoms with Gasteiger partial charge in [0, 0.05) is 31.1 Å². The number of hydrogen-bond acceptors (Lipinski definition) is 3. The van der Waals surface area contributed by atoms with E-state index in [4.69, 9.17) is 4.74 Å². The monoisotopic (exact) mass is 262 g/mol. The molecule has 0 atom stereocenters. The summed E-state index contributed by atoms with van der Waals surface area (Å²) in [6, 6.07) is 1.86. The van der Waals surface area contributed by atoms with Gasteiger partial charge in [0.25, 0.3) is 0 Å². The molecular weight excluding hydrogens is 252 g/mol. The van der Waals surface area contributed by atoms with Crippen LogP contribution in [0, 0.1) is 0 Å². The molecule has 0 radical (unpaired) electrons. The van der Waals surface area contributed by atoms with Gasteiger partial charge in [-0.1, -0.05) is 0 Å². The van der Waals surface area contributed by atoms with Crippen LogP contribution in [0.4, 0.5) is 0 Å². The lowest BCUT2D eigenvalue weighted by Crippen LogP contribution is -1.99. The normalized spacial score (nSPS) is 10.3. The molecule has 0 aliphatic heterocycles. The van der Waals surface area contributed by atoms with Crippen molar-refractivity contribution in [1.82, 2.24) is 0 Å². The van der Waals surface area contributed by atoms with Gasteiger partial charge in [-0.25, -0.2) is 0 Å². The minimum atomic E-state index is 0.194. The second-order valence-corrected chi connectivity index (χ2v) is 4.95. The molecule has 1 heterocycles. The van der Waals surface area contributed by atoms with E-state index in [1.54, 1.807) is 7.11 Å². The molecule has 0 saturated heterocycles. The van der Waals surface area contributed by atoms with Gasteiger partial charge >= 0.3 is 0 Å².